The molecule has 7 heteroatoms. The average molecular weight is 320 g/mol. The predicted molar refractivity (Wildman–Crippen MR) is 89.4 cm³/mol. The number of rotatable bonds is 6. The van der Waals surface area contributed by atoms with E-state index in [4.69, 9.17) is 0 Å². The quantitative estimate of drug-likeness (QED) is 0.641. The molecule has 0 bridgehead atoms. The molecule has 126 valence electrons. The Morgan fingerprint density at radius 3 is 2.43 bits per heavy atom. The third-order valence-electron chi connectivity index (χ3n) is 4.21. The molecule has 1 aromatic carbocycles. The van der Waals surface area contributed by atoms with Gasteiger partial charge in [0.25, 0.3) is 5.69 Å². The first-order valence-electron chi connectivity index (χ1n) is 8.05. The van der Waals surface area contributed by atoms with Gasteiger partial charge in [-0.05, 0) is 18.2 Å². The van der Waals surface area contributed by atoms with Gasteiger partial charge in [-0.3, -0.25) is 19.8 Å². The first-order chi connectivity index (χ1) is 11.0. The van der Waals surface area contributed by atoms with Crippen molar-refractivity contribution in [2.45, 2.75) is 26.8 Å². The standard InChI is InChI=1S/C16H24N4O3/c1-3-16(21)17-15-11-14(20(22)23)6-5-13(15)12-19-9-7-18(4-2)8-10-19/h5-6,11H,3-4,7-10,12H2,1-2H3,(H,17,21). The topological polar surface area (TPSA) is 78.7 Å². The molecular formula is C16H24N4O3. The first kappa shape index (κ1) is 17.4. The SMILES string of the molecule is CCC(=O)Nc1cc([N+](=O)[O-])ccc1CN1CCN(CC)CC1. The number of non-ortho nitro benzene ring substituents is 1. The highest BCUT2D eigenvalue weighted by Gasteiger charge is 2.18. The number of nitrogens with zero attached hydrogens (tertiary/aromatic N) is 3. The largest absolute Gasteiger partial charge is 0.326 e. The van der Waals surface area contributed by atoms with Gasteiger partial charge in [0.1, 0.15) is 0 Å². The van der Waals surface area contributed by atoms with Crippen LogP contribution in [0, 0.1) is 10.1 Å². The molecule has 0 aliphatic carbocycles. The van der Waals surface area contributed by atoms with Crippen LogP contribution in [-0.2, 0) is 11.3 Å². The van der Waals surface area contributed by atoms with Crippen LogP contribution in [0.25, 0.3) is 0 Å². The normalized spacial score (nSPS) is 16.3. The number of carbonyl (C=O) groups excluding carboxylic acids is 1. The monoisotopic (exact) mass is 320 g/mol. The van der Waals surface area contributed by atoms with Gasteiger partial charge in [0.15, 0.2) is 0 Å². The van der Waals surface area contributed by atoms with Crippen molar-refractivity contribution in [1.29, 1.82) is 0 Å². The lowest BCUT2D eigenvalue weighted by Gasteiger charge is -2.34. The summed E-state index contributed by atoms with van der Waals surface area (Å²) >= 11 is 0. The van der Waals surface area contributed by atoms with Crippen LogP contribution in [-0.4, -0.2) is 53.4 Å². The van der Waals surface area contributed by atoms with Crippen molar-refractivity contribution in [3.63, 3.8) is 0 Å². The predicted octanol–water partition coefficient (Wildman–Crippen LogP) is 2.08. The number of carbonyl (C=O) groups is 1. The highest BCUT2D eigenvalue weighted by atomic mass is 16.6. The van der Waals surface area contributed by atoms with Crippen LogP contribution >= 0.6 is 0 Å². The second kappa shape index (κ2) is 8.03. The van der Waals surface area contributed by atoms with Gasteiger partial charge >= 0.3 is 0 Å². The number of nitro benzene ring substituents is 1. The van der Waals surface area contributed by atoms with Crippen LogP contribution in [0.15, 0.2) is 18.2 Å². The van der Waals surface area contributed by atoms with E-state index in [1.54, 1.807) is 13.0 Å². The fourth-order valence-electron chi connectivity index (χ4n) is 2.68. The number of benzene rings is 1. The molecule has 2 rings (SSSR count). The first-order valence-corrected chi connectivity index (χ1v) is 8.05. The van der Waals surface area contributed by atoms with Crippen LogP contribution in [0.2, 0.25) is 0 Å². The maximum absolute atomic E-state index is 11.7. The van der Waals surface area contributed by atoms with E-state index in [0.29, 0.717) is 18.7 Å². The van der Waals surface area contributed by atoms with E-state index in [-0.39, 0.29) is 11.6 Å². The summed E-state index contributed by atoms with van der Waals surface area (Å²) in [6.07, 6.45) is 0.345. The number of likely N-dealkylation sites (N-methyl/N-ethyl adjacent to an activating group) is 1. The number of nitrogens with one attached hydrogen (secondary N) is 1. The summed E-state index contributed by atoms with van der Waals surface area (Å²) in [6.45, 7) is 9.65. The smallest absolute Gasteiger partial charge is 0.271 e. The summed E-state index contributed by atoms with van der Waals surface area (Å²) in [6, 6.07) is 4.69. The van der Waals surface area contributed by atoms with Crippen molar-refractivity contribution in [2.24, 2.45) is 0 Å². The summed E-state index contributed by atoms with van der Waals surface area (Å²) in [5.41, 5.74) is 1.46. The van der Waals surface area contributed by atoms with Crippen LogP contribution in [0.3, 0.4) is 0 Å². The molecule has 1 heterocycles. The van der Waals surface area contributed by atoms with Gasteiger partial charge < -0.3 is 10.2 Å². The Labute approximate surface area is 136 Å². The van der Waals surface area contributed by atoms with Crippen LogP contribution in [0.5, 0.6) is 0 Å². The van der Waals surface area contributed by atoms with Crippen LogP contribution < -0.4 is 5.32 Å². The maximum atomic E-state index is 11.7. The Kier molecular flexibility index (Phi) is 6.06. The molecule has 23 heavy (non-hydrogen) atoms. The van der Waals surface area contributed by atoms with E-state index >= 15 is 0 Å². The summed E-state index contributed by atoms with van der Waals surface area (Å²) in [5.74, 6) is -0.137. The van der Waals surface area contributed by atoms with E-state index in [0.717, 1.165) is 38.3 Å². The maximum Gasteiger partial charge on any atom is 0.271 e. The highest BCUT2D eigenvalue weighted by molar-refractivity contribution is 5.91. The van der Waals surface area contributed by atoms with Gasteiger partial charge in [-0.1, -0.05) is 13.8 Å². The second-order valence-corrected chi connectivity index (χ2v) is 5.71. The fraction of sp³-hybridized carbons (Fsp3) is 0.562. The van der Waals surface area contributed by atoms with E-state index < -0.39 is 4.92 Å². The molecule has 0 saturated carbocycles. The Hall–Kier alpha value is -1.99. The molecule has 0 radical (unpaired) electrons. The Bertz CT molecular complexity index is 568. The molecule has 0 aromatic heterocycles. The summed E-state index contributed by atoms with van der Waals surface area (Å²) < 4.78 is 0. The molecule has 1 saturated heterocycles. The minimum Gasteiger partial charge on any atom is -0.326 e. The Morgan fingerprint density at radius 2 is 1.87 bits per heavy atom. The molecule has 0 spiro atoms. The summed E-state index contributed by atoms with van der Waals surface area (Å²) in [5, 5.41) is 13.7. The summed E-state index contributed by atoms with van der Waals surface area (Å²) in [7, 11) is 0. The van der Waals surface area contributed by atoms with Gasteiger partial charge in [0.2, 0.25) is 5.91 Å². The average Bonchev–Trinajstić information content (AvgIpc) is 2.56. The van der Waals surface area contributed by atoms with E-state index in [9.17, 15) is 14.9 Å². The number of piperazine rings is 1. The van der Waals surface area contributed by atoms with E-state index in [1.165, 1.54) is 12.1 Å². The number of amides is 1. The van der Waals surface area contributed by atoms with E-state index in [1.807, 2.05) is 0 Å². The van der Waals surface area contributed by atoms with E-state index in [2.05, 4.69) is 22.0 Å². The van der Waals surface area contributed by atoms with Crippen LogP contribution in [0.1, 0.15) is 25.8 Å². The number of hydrogen-bond donors (Lipinski definition) is 1. The zero-order valence-electron chi connectivity index (χ0n) is 13.7. The van der Waals surface area contributed by atoms with Crippen molar-refractivity contribution in [3.8, 4) is 0 Å². The number of anilines is 1. The molecule has 1 amide bonds. The number of nitro groups is 1. The lowest BCUT2D eigenvalue weighted by molar-refractivity contribution is -0.384. The van der Waals surface area contributed by atoms with Crippen molar-refractivity contribution in [2.75, 3.05) is 38.0 Å². The minimum absolute atomic E-state index is 0.00375. The lowest BCUT2D eigenvalue weighted by atomic mass is 10.1. The molecule has 1 aliphatic rings. The molecule has 1 aromatic rings. The molecule has 7 nitrogen and oxygen atoms in total. The third-order valence-corrected chi connectivity index (χ3v) is 4.21. The fourth-order valence-corrected chi connectivity index (χ4v) is 2.68. The Morgan fingerprint density at radius 1 is 1.22 bits per heavy atom. The van der Waals surface area contributed by atoms with Crippen molar-refractivity contribution in [1.82, 2.24) is 9.80 Å². The highest BCUT2D eigenvalue weighted by Crippen LogP contribution is 2.24. The van der Waals surface area contributed by atoms with Gasteiger partial charge in [-0.2, -0.15) is 0 Å². The Balaban J connectivity index is 2.13. The van der Waals surface area contributed by atoms with Gasteiger partial charge in [0.05, 0.1) is 10.6 Å². The zero-order valence-corrected chi connectivity index (χ0v) is 13.7. The molecular weight excluding hydrogens is 296 g/mol. The summed E-state index contributed by atoms with van der Waals surface area (Å²) in [4.78, 5) is 26.9. The third kappa shape index (κ3) is 4.74. The molecule has 1 N–H and O–H groups in total. The zero-order chi connectivity index (χ0) is 16.8. The second-order valence-electron chi connectivity index (χ2n) is 5.71. The van der Waals surface area contributed by atoms with Gasteiger partial charge in [0, 0.05) is 51.3 Å². The van der Waals surface area contributed by atoms with Crippen LogP contribution in [0.4, 0.5) is 11.4 Å². The molecule has 0 unspecified atom stereocenters. The number of hydrogen-bond acceptors (Lipinski definition) is 5. The van der Waals surface area contributed by atoms with Gasteiger partial charge in [-0.25, -0.2) is 0 Å². The van der Waals surface area contributed by atoms with Crippen molar-refractivity contribution >= 4 is 17.3 Å². The lowest BCUT2D eigenvalue weighted by Crippen LogP contribution is -2.45. The molecule has 1 fully saturated rings. The van der Waals surface area contributed by atoms with Crippen molar-refractivity contribution in [3.05, 3.63) is 33.9 Å². The minimum atomic E-state index is -0.439. The molecule has 0 atom stereocenters. The van der Waals surface area contributed by atoms with Crippen molar-refractivity contribution < 1.29 is 9.72 Å². The molecule has 1 aliphatic heterocycles. The van der Waals surface area contributed by atoms with Gasteiger partial charge in [-0.15, -0.1) is 0 Å².